The molecule has 0 bridgehead atoms. The van der Waals surface area contributed by atoms with E-state index in [2.05, 4.69) is 4.99 Å². The number of aryl methyl sites for hydroxylation is 1. The molecule has 146 valence electrons. The molecule has 0 N–H and O–H groups in total. The van der Waals surface area contributed by atoms with E-state index in [1.807, 2.05) is 0 Å². The number of hydrogen-bond donors (Lipinski definition) is 0. The van der Waals surface area contributed by atoms with Crippen LogP contribution in [0.2, 0.25) is 0 Å². The van der Waals surface area contributed by atoms with E-state index < -0.39 is 21.7 Å². The summed E-state index contributed by atoms with van der Waals surface area (Å²) in [4.78, 5) is 29.1. The van der Waals surface area contributed by atoms with Gasteiger partial charge in [0.25, 0.3) is 5.91 Å². The van der Waals surface area contributed by atoms with E-state index in [9.17, 15) is 18.0 Å². The van der Waals surface area contributed by atoms with Crippen molar-refractivity contribution in [2.24, 2.45) is 12.0 Å². The molecule has 0 radical (unpaired) electrons. The number of aromatic nitrogens is 1. The Bertz CT molecular complexity index is 1250. The predicted octanol–water partition coefficient (Wildman–Crippen LogP) is 2.56. The molecule has 1 aromatic heterocycles. The molecule has 1 heterocycles. The third-order valence-electron chi connectivity index (χ3n) is 4.03. The SMILES string of the molecule is CCOC(=O)c1ccc2c(c1)sc(=NC(=O)c1cccc(S(C)(=O)=O)c1)n2C. The number of benzene rings is 2. The molecule has 7 nitrogen and oxygen atoms in total. The summed E-state index contributed by atoms with van der Waals surface area (Å²) in [6.07, 6.45) is 1.08. The second-order valence-electron chi connectivity index (χ2n) is 6.06. The third kappa shape index (κ3) is 4.05. The van der Waals surface area contributed by atoms with Crippen LogP contribution < -0.4 is 4.80 Å². The number of thiazole rings is 1. The maximum Gasteiger partial charge on any atom is 0.338 e. The standard InChI is InChI=1S/C19H18N2O5S2/c1-4-26-18(23)13-8-9-15-16(11-13)27-19(21(15)2)20-17(22)12-6-5-7-14(10-12)28(3,24)25/h5-11H,4H2,1-3H3. The number of rotatable bonds is 4. The Hall–Kier alpha value is -2.78. The Morgan fingerprint density at radius 2 is 1.89 bits per heavy atom. The highest BCUT2D eigenvalue weighted by Crippen LogP contribution is 2.19. The van der Waals surface area contributed by atoms with Crippen LogP contribution in [0.5, 0.6) is 0 Å². The lowest BCUT2D eigenvalue weighted by Gasteiger charge is -2.02. The van der Waals surface area contributed by atoms with Crippen LogP contribution >= 0.6 is 11.3 Å². The zero-order valence-corrected chi connectivity index (χ0v) is 17.1. The van der Waals surface area contributed by atoms with Crippen molar-refractivity contribution in [1.82, 2.24) is 4.57 Å². The molecule has 3 rings (SSSR count). The van der Waals surface area contributed by atoms with E-state index in [0.29, 0.717) is 10.4 Å². The highest BCUT2D eigenvalue weighted by molar-refractivity contribution is 7.90. The van der Waals surface area contributed by atoms with E-state index in [0.717, 1.165) is 16.5 Å². The van der Waals surface area contributed by atoms with E-state index in [1.165, 1.54) is 35.6 Å². The Morgan fingerprint density at radius 3 is 2.57 bits per heavy atom. The Morgan fingerprint density at radius 1 is 1.14 bits per heavy atom. The average Bonchev–Trinajstić information content (AvgIpc) is 2.96. The Labute approximate surface area is 165 Å². The lowest BCUT2D eigenvalue weighted by molar-refractivity contribution is 0.0526. The van der Waals surface area contributed by atoms with Crippen LogP contribution in [-0.2, 0) is 21.6 Å². The zero-order valence-electron chi connectivity index (χ0n) is 15.5. The van der Waals surface area contributed by atoms with Gasteiger partial charge in [-0.05, 0) is 43.3 Å². The Kier molecular flexibility index (Phi) is 5.48. The number of ether oxygens (including phenoxy) is 1. The number of sulfone groups is 1. The largest absolute Gasteiger partial charge is 0.462 e. The Balaban J connectivity index is 2.03. The maximum absolute atomic E-state index is 12.5. The van der Waals surface area contributed by atoms with Crippen LogP contribution in [-0.4, -0.2) is 37.7 Å². The second kappa shape index (κ2) is 7.69. The number of fused-ring (bicyclic) bond motifs is 1. The van der Waals surface area contributed by atoms with Gasteiger partial charge in [0.1, 0.15) is 0 Å². The van der Waals surface area contributed by atoms with Crippen LogP contribution in [0.3, 0.4) is 0 Å². The first kappa shape index (κ1) is 20.0. The summed E-state index contributed by atoms with van der Waals surface area (Å²) in [5.74, 6) is -0.953. The van der Waals surface area contributed by atoms with Gasteiger partial charge in [0.05, 0.1) is 27.3 Å². The molecule has 1 amide bonds. The lowest BCUT2D eigenvalue weighted by atomic mass is 10.2. The van der Waals surface area contributed by atoms with Crippen molar-refractivity contribution in [2.45, 2.75) is 11.8 Å². The first-order valence-corrected chi connectivity index (χ1v) is 11.1. The maximum atomic E-state index is 12.5. The molecule has 0 aliphatic heterocycles. The topological polar surface area (TPSA) is 94.8 Å². The molecule has 0 saturated heterocycles. The number of esters is 1. The fourth-order valence-electron chi connectivity index (χ4n) is 2.59. The van der Waals surface area contributed by atoms with E-state index in [-0.39, 0.29) is 17.1 Å². The molecular formula is C19H18N2O5S2. The van der Waals surface area contributed by atoms with Gasteiger partial charge in [-0.1, -0.05) is 17.4 Å². The van der Waals surface area contributed by atoms with Gasteiger partial charge in [-0.3, -0.25) is 4.79 Å². The highest BCUT2D eigenvalue weighted by atomic mass is 32.2. The summed E-state index contributed by atoms with van der Waals surface area (Å²) < 4.78 is 30.9. The van der Waals surface area contributed by atoms with Gasteiger partial charge in [0.2, 0.25) is 0 Å². The van der Waals surface area contributed by atoms with Crippen molar-refractivity contribution in [3.05, 3.63) is 58.4 Å². The molecule has 28 heavy (non-hydrogen) atoms. The molecule has 0 fully saturated rings. The molecule has 9 heteroatoms. The second-order valence-corrected chi connectivity index (χ2v) is 9.09. The molecular weight excluding hydrogens is 400 g/mol. The summed E-state index contributed by atoms with van der Waals surface area (Å²) in [7, 11) is -1.65. The fraction of sp³-hybridized carbons (Fsp3) is 0.211. The van der Waals surface area contributed by atoms with E-state index in [4.69, 9.17) is 4.74 Å². The van der Waals surface area contributed by atoms with Gasteiger partial charge in [-0.2, -0.15) is 4.99 Å². The molecule has 0 aliphatic carbocycles. The number of amides is 1. The molecule has 0 atom stereocenters. The van der Waals surface area contributed by atoms with Gasteiger partial charge in [0.15, 0.2) is 14.6 Å². The van der Waals surface area contributed by atoms with Crippen molar-refractivity contribution in [3.8, 4) is 0 Å². The van der Waals surface area contributed by atoms with Crippen LogP contribution in [0.1, 0.15) is 27.6 Å². The van der Waals surface area contributed by atoms with Crippen LogP contribution in [0.4, 0.5) is 0 Å². The molecule has 0 unspecified atom stereocenters. The normalized spacial score (nSPS) is 12.3. The van der Waals surface area contributed by atoms with Gasteiger partial charge in [0, 0.05) is 18.9 Å². The van der Waals surface area contributed by atoms with Gasteiger partial charge >= 0.3 is 5.97 Å². The van der Waals surface area contributed by atoms with Crippen molar-refractivity contribution in [1.29, 1.82) is 0 Å². The molecule has 2 aromatic carbocycles. The highest BCUT2D eigenvalue weighted by Gasteiger charge is 2.13. The van der Waals surface area contributed by atoms with Crippen molar-refractivity contribution < 1.29 is 22.7 Å². The summed E-state index contributed by atoms with van der Waals surface area (Å²) in [6, 6.07) is 10.9. The minimum absolute atomic E-state index is 0.0633. The number of nitrogens with zero attached hydrogens (tertiary/aromatic N) is 2. The third-order valence-corrected chi connectivity index (χ3v) is 6.23. The minimum atomic E-state index is -3.42. The van der Waals surface area contributed by atoms with Crippen LogP contribution in [0.15, 0.2) is 52.4 Å². The van der Waals surface area contributed by atoms with Gasteiger partial charge in [-0.15, -0.1) is 0 Å². The average molecular weight is 418 g/mol. The van der Waals surface area contributed by atoms with Crippen molar-refractivity contribution >= 4 is 43.3 Å². The minimum Gasteiger partial charge on any atom is -0.462 e. The first-order chi connectivity index (χ1) is 13.2. The van der Waals surface area contributed by atoms with Crippen LogP contribution in [0.25, 0.3) is 10.2 Å². The lowest BCUT2D eigenvalue weighted by Crippen LogP contribution is -2.13. The predicted molar refractivity (Wildman–Crippen MR) is 106 cm³/mol. The molecule has 0 saturated carbocycles. The number of carbonyl (C=O) groups excluding carboxylic acids is 2. The van der Waals surface area contributed by atoms with E-state index in [1.54, 1.807) is 36.7 Å². The zero-order chi connectivity index (χ0) is 20.5. The number of hydrogen-bond acceptors (Lipinski definition) is 6. The quantitative estimate of drug-likeness (QED) is 0.607. The van der Waals surface area contributed by atoms with E-state index >= 15 is 0 Å². The first-order valence-electron chi connectivity index (χ1n) is 8.36. The van der Waals surface area contributed by atoms with Crippen LogP contribution in [0, 0.1) is 0 Å². The molecule has 0 aliphatic rings. The smallest absolute Gasteiger partial charge is 0.338 e. The van der Waals surface area contributed by atoms with Crippen molar-refractivity contribution in [2.75, 3.05) is 12.9 Å². The molecule has 0 spiro atoms. The monoisotopic (exact) mass is 418 g/mol. The summed E-state index contributed by atoms with van der Waals surface area (Å²) in [6.45, 7) is 2.03. The van der Waals surface area contributed by atoms with Gasteiger partial charge in [-0.25, -0.2) is 13.2 Å². The summed E-state index contributed by atoms with van der Waals surface area (Å²) in [5, 5.41) is 0. The fourth-order valence-corrected chi connectivity index (χ4v) is 4.32. The summed E-state index contributed by atoms with van der Waals surface area (Å²) in [5.41, 5.74) is 1.43. The summed E-state index contributed by atoms with van der Waals surface area (Å²) >= 11 is 1.26. The molecule has 3 aromatic rings. The van der Waals surface area contributed by atoms with Crippen molar-refractivity contribution in [3.63, 3.8) is 0 Å². The number of carbonyl (C=O) groups is 2. The van der Waals surface area contributed by atoms with Gasteiger partial charge < -0.3 is 9.30 Å².